The summed E-state index contributed by atoms with van der Waals surface area (Å²) in [7, 11) is -3.30. The zero-order valence-corrected chi connectivity index (χ0v) is 21.9. The van der Waals surface area contributed by atoms with Crippen molar-refractivity contribution in [2.75, 3.05) is 24.7 Å². The van der Waals surface area contributed by atoms with E-state index in [1.54, 1.807) is 30.3 Å². The van der Waals surface area contributed by atoms with E-state index in [1.165, 1.54) is 4.90 Å². The first-order valence-electron chi connectivity index (χ1n) is 12.3. The third-order valence-electron chi connectivity index (χ3n) is 6.88. The summed E-state index contributed by atoms with van der Waals surface area (Å²) in [6.45, 7) is 9.91. The number of ether oxygens (including phenoxy) is 2. The van der Waals surface area contributed by atoms with Crippen molar-refractivity contribution in [3.63, 3.8) is 0 Å². The molecule has 0 spiro atoms. The van der Waals surface area contributed by atoms with Gasteiger partial charge in [-0.25, -0.2) is 8.42 Å². The van der Waals surface area contributed by atoms with E-state index >= 15 is 0 Å². The lowest BCUT2D eigenvalue weighted by Gasteiger charge is -2.30. The average Bonchev–Trinajstić information content (AvgIpc) is 3.35. The second-order valence-electron chi connectivity index (χ2n) is 9.54. The van der Waals surface area contributed by atoms with E-state index in [4.69, 9.17) is 13.9 Å². The highest BCUT2D eigenvalue weighted by molar-refractivity contribution is 7.91. The molecule has 194 valence electrons. The van der Waals surface area contributed by atoms with Crippen LogP contribution in [0.1, 0.15) is 52.2 Å². The molecule has 0 saturated carbocycles. The van der Waals surface area contributed by atoms with Crippen molar-refractivity contribution in [3.8, 4) is 11.5 Å². The first-order chi connectivity index (χ1) is 17.6. The van der Waals surface area contributed by atoms with E-state index in [1.807, 2.05) is 26.8 Å². The largest absolute Gasteiger partial charge is 0.490 e. The molecule has 1 fully saturated rings. The van der Waals surface area contributed by atoms with Gasteiger partial charge in [0.1, 0.15) is 12.2 Å². The van der Waals surface area contributed by atoms with E-state index in [-0.39, 0.29) is 34.9 Å². The Labute approximate surface area is 215 Å². The van der Waals surface area contributed by atoms with Gasteiger partial charge in [-0.05, 0) is 62.1 Å². The monoisotopic (exact) mass is 523 g/mol. The van der Waals surface area contributed by atoms with Gasteiger partial charge in [0, 0.05) is 6.04 Å². The maximum Gasteiger partial charge on any atom is 0.291 e. The van der Waals surface area contributed by atoms with Crippen molar-refractivity contribution in [2.24, 2.45) is 0 Å². The van der Waals surface area contributed by atoms with Crippen molar-refractivity contribution < 1.29 is 27.1 Å². The summed E-state index contributed by atoms with van der Waals surface area (Å²) in [6, 6.07) is 7.50. The Kier molecular flexibility index (Phi) is 6.35. The molecule has 2 atom stereocenters. The molecule has 2 unspecified atom stereocenters. The summed E-state index contributed by atoms with van der Waals surface area (Å²) in [5.41, 5.74) is 2.55. The maximum atomic E-state index is 13.9. The summed E-state index contributed by atoms with van der Waals surface area (Å²) >= 11 is 0. The van der Waals surface area contributed by atoms with Crippen LogP contribution in [0.2, 0.25) is 0 Å². The van der Waals surface area contributed by atoms with Crippen molar-refractivity contribution in [1.82, 2.24) is 4.90 Å². The molecule has 8 nitrogen and oxygen atoms in total. The lowest BCUT2D eigenvalue weighted by molar-refractivity contribution is 0.0662. The Hall–Kier alpha value is -3.59. The van der Waals surface area contributed by atoms with Crippen LogP contribution in [0.4, 0.5) is 0 Å². The van der Waals surface area contributed by atoms with Gasteiger partial charge < -0.3 is 18.8 Å². The third kappa shape index (κ3) is 4.31. The van der Waals surface area contributed by atoms with Crippen molar-refractivity contribution in [2.45, 2.75) is 39.3 Å². The number of sulfone groups is 1. The topological polar surface area (TPSA) is 103 Å². The lowest BCUT2D eigenvalue weighted by atomic mass is 9.96. The van der Waals surface area contributed by atoms with Gasteiger partial charge in [-0.1, -0.05) is 24.8 Å². The van der Waals surface area contributed by atoms with Crippen LogP contribution in [-0.2, 0) is 9.84 Å². The van der Waals surface area contributed by atoms with E-state index in [9.17, 15) is 18.0 Å². The van der Waals surface area contributed by atoms with Gasteiger partial charge in [0.25, 0.3) is 5.91 Å². The second kappa shape index (κ2) is 9.37. The molecule has 3 aromatic rings. The number of hydrogen-bond acceptors (Lipinski definition) is 7. The van der Waals surface area contributed by atoms with Gasteiger partial charge in [-0.3, -0.25) is 9.59 Å². The number of amides is 1. The maximum absolute atomic E-state index is 13.9. The predicted octanol–water partition coefficient (Wildman–Crippen LogP) is 4.11. The minimum atomic E-state index is -3.30. The quantitative estimate of drug-likeness (QED) is 0.430. The van der Waals surface area contributed by atoms with Crippen LogP contribution in [0, 0.1) is 13.8 Å². The number of benzene rings is 2. The summed E-state index contributed by atoms with van der Waals surface area (Å²) in [5.74, 6) is 0.272. The zero-order valence-electron chi connectivity index (χ0n) is 21.1. The molecular weight excluding hydrogens is 494 g/mol. The number of aryl methyl sites for hydroxylation is 2. The summed E-state index contributed by atoms with van der Waals surface area (Å²) in [4.78, 5) is 29.3. The Morgan fingerprint density at radius 1 is 1.14 bits per heavy atom. The van der Waals surface area contributed by atoms with Gasteiger partial charge in [-0.2, -0.15) is 0 Å². The van der Waals surface area contributed by atoms with Crippen LogP contribution in [0.5, 0.6) is 11.5 Å². The van der Waals surface area contributed by atoms with Gasteiger partial charge >= 0.3 is 0 Å². The van der Waals surface area contributed by atoms with E-state index in [0.29, 0.717) is 41.1 Å². The van der Waals surface area contributed by atoms with Crippen LogP contribution in [0.25, 0.3) is 11.0 Å². The highest BCUT2D eigenvalue weighted by Crippen LogP contribution is 2.43. The molecule has 1 aromatic heterocycles. The molecule has 1 amide bonds. The first-order valence-corrected chi connectivity index (χ1v) is 14.1. The molecule has 0 bridgehead atoms. The van der Waals surface area contributed by atoms with E-state index in [0.717, 1.165) is 11.1 Å². The predicted molar refractivity (Wildman–Crippen MR) is 140 cm³/mol. The number of carbonyl (C=O) groups is 1. The Morgan fingerprint density at radius 2 is 1.92 bits per heavy atom. The van der Waals surface area contributed by atoms with E-state index in [2.05, 4.69) is 6.58 Å². The molecule has 1 saturated heterocycles. The molecule has 2 aliphatic heterocycles. The van der Waals surface area contributed by atoms with Crippen LogP contribution in [0.3, 0.4) is 0 Å². The van der Waals surface area contributed by atoms with Crippen molar-refractivity contribution in [1.29, 1.82) is 0 Å². The SMILES string of the molecule is C=CCOc1ccc(C2c3c(oc4c(C)cc(C)cc4c3=O)C(=O)N2C2CCS(=O)(=O)C2)cc1OCC. The molecule has 2 aromatic carbocycles. The fourth-order valence-electron chi connectivity index (χ4n) is 5.37. The average molecular weight is 524 g/mol. The molecule has 5 rings (SSSR count). The van der Waals surface area contributed by atoms with Crippen LogP contribution >= 0.6 is 0 Å². The lowest BCUT2D eigenvalue weighted by Crippen LogP contribution is -2.40. The van der Waals surface area contributed by atoms with Crippen molar-refractivity contribution in [3.05, 3.63) is 81.2 Å². The highest BCUT2D eigenvalue weighted by atomic mass is 32.2. The van der Waals surface area contributed by atoms with Gasteiger partial charge in [0.05, 0.1) is 35.1 Å². The Bertz CT molecular complexity index is 1590. The fraction of sp³-hybridized carbons (Fsp3) is 0.357. The summed E-state index contributed by atoms with van der Waals surface area (Å²) < 4.78 is 42.4. The van der Waals surface area contributed by atoms with Crippen LogP contribution < -0.4 is 14.9 Å². The number of fused-ring (bicyclic) bond motifs is 2. The summed E-state index contributed by atoms with van der Waals surface area (Å²) in [5, 5.41) is 0.394. The van der Waals surface area contributed by atoms with Crippen LogP contribution in [-0.4, -0.2) is 50.0 Å². The standard InChI is InChI=1S/C28H29NO7S/c1-5-10-35-21-8-7-18(14-22(21)34-6-2)24-23-25(30)20-13-16(3)12-17(4)26(20)36-27(23)28(31)29(24)19-9-11-37(32,33)15-19/h5,7-8,12-14,19,24H,1,6,9-11,15H2,2-4H3. The van der Waals surface area contributed by atoms with Crippen molar-refractivity contribution >= 4 is 26.7 Å². The fourth-order valence-corrected chi connectivity index (χ4v) is 7.09. The normalized spacial score (nSPS) is 20.3. The molecule has 0 aliphatic carbocycles. The number of nitrogens with zero attached hydrogens (tertiary/aromatic N) is 1. The Balaban J connectivity index is 1.74. The molecule has 2 aliphatic rings. The second-order valence-corrected chi connectivity index (χ2v) is 11.8. The molecule has 0 N–H and O–H groups in total. The molecule has 9 heteroatoms. The number of carbonyl (C=O) groups excluding carboxylic acids is 1. The smallest absolute Gasteiger partial charge is 0.291 e. The Morgan fingerprint density at radius 3 is 2.59 bits per heavy atom. The third-order valence-corrected chi connectivity index (χ3v) is 8.63. The molecular formula is C28H29NO7S. The number of hydrogen-bond donors (Lipinski definition) is 0. The zero-order chi connectivity index (χ0) is 26.5. The highest BCUT2D eigenvalue weighted by Gasteiger charge is 2.48. The van der Waals surface area contributed by atoms with Gasteiger partial charge in [0.15, 0.2) is 26.8 Å². The first kappa shape index (κ1) is 25.1. The molecule has 3 heterocycles. The van der Waals surface area contributed by atoms with E-state index < -0.39 is 27.8 Å². The molecule has 0 radical (unpaired) electrons. The number of rotatable bonds is 7. The van der Waals surface area contributed by atoms with Gasteiger partial charge in [-0.15, -0.1) is 0 Å². The minimum absolute atomic E-state index is 0.00923. The molecule has 37 heavy (non-hydrogen) atoms. The van der Waals surface area contributed by atoms with Gasteiger partial charge in [0.2, 0.25) is 5.76 Å². The summed E-state index contributed by atoms with van der Waals surface area (Å²) in [6.07, 6.45) is 1.92. The minimum Gasteiger partial charge on any atom is -0.490 e. The van der Waals surface area contributed by atoms with Crippen LogP contribution in [0.15, 0.2) is 52.2 Å².